The van der Waals surface area contributed by atoms with Crippen molar-refractivity contribution in [2.45, 2.75) is 51.0 Å². The number of alkyl halides is 3. The highest BCUT2D eigenvalue weighted by Gasteiger charge is 2.47. The second-order valence-corrected chi connectivity index (χ2v) is 7.37. The van der Waals surface area contributed by atoms with Gasteiger partial charge >= 0.3 is 15.6 Å². The molecule has 0 aliphatic carbocycles. The molecule has 0 unspecified atom stereocenters. The van der Waals surface area contributed by atoms with Crippen LogP contribution in [0.4, 0.5) is 13.2 Å². The fourth-order valence-electron chi connectivity index (χ4n) is 1.84. The molecule has 0 bridgehead atoms. The summed E-state index contributed by atoms with van der Waals surface area (Å²) in [5.74, 6) is 0. The Kier molecular flexibility index (Phi) is 6.03. The molecule has 0 N–H and O–H groups in total. The molecule has 0 aliphatic heterocycles. The number of rotatable bonds is 7. The van der Waals surface area contributed by atoms with Crippen LogP contribution in [0.3, 0.4) is 0 Å². The van der Waals surface area contributed by atoms with Gasteiger partial charge in [-0.15, -0.1) is 0 Å². The van der Waals surface area contributed by atoms with Crippen LogP contribution >= 0.6 is 0 Å². The highest BCUT2D eigenvalue weighted by atomic mass is 32.2. The van der Waals surface area contributed by atoms with E-state index < -0.39 is 22.2 Å². The van der Waals surface area contributed by atoms with Crippen molar-refractivity contribution in [2.75, 3.05) is 6.61 Å². The molecule has 0 atom stereocenters. The zero-order chi connectivity index (χ0) is 17.0. The lowest BCUT2D eigenvalue weighted by Gasteiger charge is -2.23. The molecular formula is C15H21F3O3S. The summed E-state index contributed by atoms with van der Waals surface area (Å²) < 4.78 is 61.5. The molecule has 0 fully saturated rings. The molecule has 1 rings (SSSR count). The Hall–Kier alpha value is -1.08. The van der Waals surface area contributed by atoms with Crippen LogP contribution in [-0.2, 0) is 26.1 Å². The fraction of sp³-hybridized carbons (Fsp3) is 0.600. The van der Waals surface area contributed by atoms with Gasteiger partial charge < -0.3 is 0 Å². The van der Waals surface area contributed by atoms with Crippen LogP contribution in [-0.4, -0.2) is 20.5 Å². The molecule has 3 nitrogen and oxygen atoms in total. The van der Waals surface area contributed by atoms with E-state index in [-0.39, 0.29) is 11.8 Å². The Labute approximate surface area is 129 Å². The van der Waals surface area contributed by atoms with Crippen LogP contribution in [0.1, 0.15) is 44.7 Å². The molecule has 0 heterocycles. The maximum atomic E-state index is 12.1. The van der Waals surface area contributed by atoms with Crippen molar-refractivity contribution in [3.8, 4) is 0 Å². The number of halogens is 3. The summed E-state index contributed by atoms with van der Waals surface area (Å²) in [7, 11) is -5.48. The van der Waals surface area contributed by atoms with Gasteiger partial charge in [-0.3, -0.25) is 4.18 Å². The Morgan fingerprint density at radius 1 is 1.09 bits per heavy atom. The van der Waals surface area contributed by atoms with E-state index in [4.69, 9.17) is 0 Å². The minimum atomic E-state index is -5.48. The zero-order valence-corrected chi connectivity index (χ0v) is 13.7. The van der Waals surface area contributed by atoms with Gasteiger partial charge in [-0.2, -0.15) is 21.6 Å². The molecule has 7 heteroatoms. The van der Waals surface area contributed by atoms with Gasteiger partial charge in [0.25, 0.3) is 0 Å². The standard InChI is InChI=1S/C15H21F3O3S/c1-4-14(2,3)13-9-7-12(8-10-13)6-5-11-21-22(19,20)15(16,17)18/h7-10H,4-6,11H2,1-3H3. The predicted molar refractivity (Wildman–Crippen MR) is 79.0 cm³/mol. The van der Waals surface area contributed by atoms with Crippen LogP contribution in [0.2, 0.25) is 0 Å². The van der Waals surface area contributed by atoms with Crippen LogP contribution in [0.5, 0.6) is 0 Å². The molecule has 22 heavy (non-hydrogen) atoms. The summed E-state index contributed by atoms with van der Waals surface area (Å²) >= 11 is 0. The predicted octanol–water partition coefficient (Wildman–Crippen LogP) is 4.17. The van der Waals surface area contributed by atoms with Gasteiger partial charge in [-0.05, 0) is 35.8 Å². The molecule has 0 saturated carbocycles. The van der Waals surface area contributed by atoms with Crippen LogP contribution in [0.15, 0.2) is 24.3 Å². The first-order valence-corrected chi connectivity index (χ1v) is 8.45. The van der Waals surface area contributed by atoms with Gasteiger partial charge in [0.15, 0.2) is 0 Å². The first kappa shape index (κ1) is 19.0. The molecule has 0 aliphatic rings. The van der Waals surface area contributed by atoms with Crippen molar-refractivity contribution in [1.29, 1.82) is 0 Å². The minimum absolute atomic E-state index is 0.0719. The van der Waals surface area contributed by atoms with Crippen LogP contribution < -0.4 is 0 Å². The van der Waals surface area contributed by atoms with Gasteiger partial charge in [-0.1, -0.05) is 45.0 Å². The summed E-state index contributed by atoms with van der Waals surface area (Å²) in [4.78, 5) is 0. The average molecular weight is 338 g/mol. The first-order chi connectivity index (χ1) is 9.99. The molecule has 1 aromatic carbocycles. The van der Waals surface area contributed by atoms with E-state index in [9.17, 15) is 21.6 Å². The maximum Gasteiger partial charge on any atom is 0.523 e. The fourth-order valence-corrected chi connectivity index (χ4v) is 2.31. The van der Waals surface area contributed by atoms with Gasteiger partial charge in [0.05, 0.1) is 6.61 Å². The van der Waals surface area contributed by atoms with Crippen molar-refractivity contribution in [1.82, 2.24) is 0 Å². The molecule has 0 radical (unpaired) electrons. The lowest BCUT2D eigenvalue weighted by molar-refractivity contribution is -0.0542. The third-order valence-electron chi connectivity index (χ3n) is 3.75. The third-order valence-corrected chi connectivity index (χ3v) is 4.79. The molecule has 0 spiro atoms. The third kappa shape index (κ3) is 4.98. The van der Waals surface area contributed by atoms with Gasteiger partial charge in [-0.25, -0.2) is 0 Å². The topological polar surface area (TPSA) is 43.4 Å². The lowest BCUT2D eigenvalue weighted by atomic mass is 9.82. The second kappa shape index (κ2) is 7.00. The SMILES string of the molecule is CCC(C)(C)c1ccc(CCCOS(=O)(=O)C(F)(F)F)cc1. The van der Waals surface area contributed by atoms with Crippen LogP contribution in [0.25, 0.3) is 0 Å². The Morgan fingerprint density at radius 3 is 2.09 bits per heavy atom. The Bertz CT molecular complexity index is 575. The van der Waals surface area contributed by atoms with E-state index >= 15 is 0 Å². The second-order valence-electron chi connectivity index (χ2n) is 5.76. The van der Waals surface area contributed by atoms with E-state index in [2.05, 4.69) is 25.0 Å². The van der Waals surface area contributed by atoms with E-state index in [1.54, 1.807) is 0 Å². The average Bonchev–Trinajstić information content (AvgIpc) is 2.43. The number of benzene rings is 1. The molecule has 1 aromatic rings. The van der Waals surface area contributed by atoms with E-state index in [0.29, 0.717) is 6.42 Å². The summed E-state index contributed by atoms with van der Waals surface area (Å²) in [6, 6.07) is 7.80. The highest BCUT2D eigenvalue weighted by Crippen LogP contribution is 2.27. The Balaban J connectivity index is 2.50. The molecule has 0 aromatic heterocycles. The zero-order valence-electron chi connectivity index (χ0n) is 12.9. The monoisotopic (exact) mass is 338 g/mol. The number of hydrogen-bond acceptors (Lipinski definition) is 3. The van der Waals surface area contributed by atoms with E-state index in [0.717, 1.165) is 12.0 Å². The lowest BCUT2D eigenvalue weighted by Crippen LogP contribution is -2.26. The van der Waals surface area contributed by atoms with Gasteiger partial charge in [0.2, 0.25) is 0 Å². The van der Waals surface area contributed by atoms with Crippen molar-refractivity contribution >= 4 is 10.1 Å². The van der Waals surface area contributed by atoms with Crippen molar-refractivity contribution < 1.29 is 25.8 Å². The normalized spacial score (nSPS) is 13.4. The number of hydrogen-bond donors (Lipinski definition) is 0. The summed E-state index contributed by atoms with van der Waals surface area (Å²) in [5, 5.41) is 0. The number of aryl methyl sites for hydroxylation is 1. The molecule has 0 amide bonds. The minimum Gasteiger partial charge on any atom is -0.263 e. The van der Waals surface area contributed by atoms with Crippen molar-refractivity contribution in [3.05, 3.63) is 35.4 Å². The summed E-state index contributed by atoms with van der Waals surface area (Å²) in [6.07, 6.45) is 1.65. The quantitative estimate of drug-likeness (QED) is 0.426. The van der Waals surface area contributed by atoms with Gasteiger partial charge in [0.1, 0.15) is 0 Å². The van der Waals surface area contributed by atoms with E-state index in [1.807, 2.05) is 24.3 Å². The maximum absolute atomic E-state index is 12.1. The van der Waals surface area contributed by atoms with Gasteiger partial charge in [0, 0.05) is 0 Å². The molecule has 126 valence electrons. The van der Waals surface area contributed by atoms with Crippen LogP contribution in [0, 0.1) is 0 Å². The van der Waals surface area contributed by atoms with Crippen molar-refractivity contribution in [3.63, 3.8) is 0 Å². The summed E-state index contributed by atoms with van der Waals surface area (Å²) in [6.45, 7) is 5.89. The smallest absolute Gasteiger partial charge is 0.263 e. The molecular weight excluding hydrogens is 317 g/mol. The summed E-state index contributed by atoms with van der Waals surface area (Å²) in [5.41, 5.74) is -3.17. The van der Waals surface area contributed by atoms with E-state index in [1.165, 1.54) is 5.56 Å². The highest BCUT2D eigenvalue weighted by molar-refractivity contribution is 7.87. The Morgan fingerprint density at radius 2 is 1.64 bits per heavy atom. The first-order valence-electron chi connectivity index (χ1n) is 7.05. The van der Waals surface area contributed by atoms with Crippen molar-refractivity contribution in [2.24, 2.45) is 0 Å². The molecule has 0 saturated heterocycles. The largest absolute Gasteiger partial charge is 0.523 e.